The number of carbonyl (C=O) groups is 2. The molecule has 5 heteroatoms. The molecule has 3 aromatic rings. The number of ether oxygens (including phenoxy) is 1. The lowest BCUT2D eigenvalue weighted by Crippen LogP contribution is -2.17. The number of fused-ring (bicyclic) bond motifs is 1. The van der Waals surface area contributed by atoms with Gasteiger partial charge in [-0.1, -0.05) is 48.0 Å². The molecule has 136 valence electrons. The number of methoxy groups -OCH3 is 1. The predicted octanol–water partition coefficient (Wildman–Crippen LogP) is 4.17. The van der Waals surface area contributed by atoms with Crippen LogP contribution < -0.4 is 5.32 Å². The molecule has 27 heavy (non-hydrogen) atoms. The maximum atomic E-state index is 12.9. The van der Waals surface area contributed by atoms with Crippen molar-refractivity contribution in [2.75, 3.05) is 12.4 Å². The molecule has 1 aliphatic heterocycles. The Balaban J connectivity index is 2.01. The van der Waals surface area contributed by atoms with E-state index in [4.69, 9.17) is 4.74 Å². The molecule has 0 saturated carbocycles. The van der Waals surface area contributed by atoms with Gasteiger partial charge in [-0.3, -0.25) is 4.79 Å². The average molecular weight is 360 g/mol. The third-order valence-corrected chi connectivity index (χ3v) is 5.00. The van der Waals surface area contributed by atoms with Crippen LogP contribution in [0.5, 0.6) is 0 Å². The van der Waals surface area contributed by atoms with E-state index < -0.39 is 11.9 Å². The lowest BCUT2D eigenvalue weighted by molar-refractivity contribution is -0.116. The van der Waals surface area contributed by atoms with Crippen molar-refractivity contribution in [1.82, 2.24) is 4.98 Å². The number of esters is 1. The van der Waals surface area contributed by atoms with Gasteiger partial charge in [-0.2, -0.15) is 0 Å². The summed E-state index contributed by atoms with van der Waals surface area (Å²) in [5, 5.41) is 2.94. The number of aryl methyl sites for hydroxylation is 2. The molecular weight excluding hydrogens is 340 g/mol. The number of hydrogen-bond acceptors (Lipinski definition) is 3. The van der Waals surface area contributed by atoms with Crippen LogP contribution in [-0.4, -0.2) is 24.0 Å². The number of aromatic amines is 1. The molecule has 1 aliphatic rings. The standard InChI is InChI=1S/C22H20N2O3/c1-12-9-10-16-15(11-12)18(21(25)24-16)19-17(22(26)27-3)13(2)23-20(19)14-7-5-4-6-8-14/h4-11,18,23H,1-3H3,(H,24,25)/t18-/m1/s1. The highest BCUT2D eigenvalue weighted by Crippen LogP contribution is 2.44. The van der Waals surface area contributed by atoms with E-state index in [1.807, 2.05) is 62.4 Å². The normalized spacial score (nSPS) is 15.4. The highest BCUT2D eigenvalue weighted by Gasteiger charge is 2.38. The van der Waals surface area contributed by atoms with Gasteiger partial charge in [0, 0.05) is 16.9 Å². The zero-order valence-corrected chi connectivity index (χ0v) is 15.4. The molecule has 1 atom stereocenters. The van der Waals surface area contributed by atoms with E-state index in [1.54, 1.807) is 0 Å². The van der Waals surface area contributed by atoms with Crippen molar-refractivity contribution < 1.29 is 14.3 Å². The van der Waals surface area contributed by atoms with Crippen LogP contribution in [0.3, 0.4) is 0 Å². The van der Waals surface area contributed by atoms with Gasteiger partial charge in [-0.25, -0.2) is 4.79 Å². The van der Waals surface area contributed by atoms with E-state index in [-0.39, 0.29) is 5.91 Å². The second-order valence-electron chi connectivity index (χ2n) is 6.78. The van der Waals surface area contributed by atoms with Gasteiger partial charge < -0.3 is 15.0 Å². The fourth-order valence-corrected chi connectivity index (χ4v) is 3.80. The minimum absolute atomic E-state index is 0.142. The van der Waals surface area contributed by atoms with E-state index in [0.29, 0.717) is 16.8 Å². The number of rotatable bonds is 3. The summed E-state index contributed by atoms with van der Waals surface area (Å²) in [6.07, 6.45) is 0. The quantitative estimate of drug-likeness (QED) is 0.689. The van der Waals surface area contributed by atoms with Gasteiger partial charge in [0.25, 0.3) is 0 Å². The zero-order valence-electron chi connectivity index (χ0n) is 15.4. The molecule has 0 unspecified atom stereocenters. The Morgan fingerprint density at radius 1 is 1.07 bits per heavy atom. The van der Waals surface area contributed by atoms with Crippen molar-refractivity contribution in [1.29, 1.82) is 0 Å². The third kappa shape index (κ3) is 2.72. The summed E-state index contributed by atoms with van der Waals surface area (Å²) in [6, 6.07) is 15.6. The molecule has 2 aromatic carbocycles. The Kier molecular flexibility index (Phi) is 4.07. The second-order valence-corrected chi connectivity index (χ2v) is 6.78. The zero-order chi connectivity index (χ0) is 19.1. The molecular formula is C22H20N2O3. The highest BCUT2D eigenvalue weighted by molar-refractivity contribution is 6.08. The van der Waals surface area contributed by atoms with Gasteiger partial charge >= 0.3 is 5.97 Å². The smallest absolute Gasteiger partial charge is 0.340 e. The number of H-pyrrole nitrogens is 1. The number of carbonyl (C=O) groups excluding carboxylic acids is 2. The van der Waals surface area contributed by atoms with Crippen LogP contribution in [0.25, 0.3) is 11.3 Å². The number of nitrogens with one attached hydrogen (secondary N) is 2. The molecule has 0 spiro atoms. The first kappa shape index (κ1) is 17.1. The molecule has 0 fully saturated rings. The van der Waals surface area contributed by atoms with E-state index in [1.165, 1.54) is 7.11 Å². The molecule has 0 saturated heterocycles. The summed E-state index contributed by atoms with van der Waals surface area (Å²) >= 11 is 0. The van der Waals surface area contributed by atoms with Crippen molar-refractivity contribution in [3.05, 3.63) is 76.5 Å². The van der Waals surface area contributed by atoms with Crippen molar-refractivity contribution in [3.63, 3.8) is 0 Å². The van der Waals surface area contributed by atoms with E-state index in [0.717, 1.165) is 28.1 Å². The van der Waals surface area contributed by atoms with E-state index >= 15 is 0 Å². The Bertz CT molecular complexity index is 1050. The predicted molar refractivity (Wildman–Crippen MR) is 104 cm³/mol. The molecule has 0 bridgehead atoms. The molecule has 1 aromatic heterocycles. The lowest BCUT2D eigenvalue weighted by atomic mass is 9.87. The average Bonchev–Trinajstić information content (AvgIpc) is 3.17. The Morgan fingerprint density at radius 3 is 2.52 bits per heavy atom. The minimum atomic E-state index is -0.575. The molecule has 0 aliphatic carbocycles. The Labute approximate surface area is 157 Å². The van der Waals surface area contributed by atoms with Crippen LogP contribution in [0.15, 0.2) is 48.5 Å². The first-order chi connectivity index (χ1) is 13.0. The summed E-state index contributed by atoms with van der Waals surface area (Å²) in [7, 11) is 1.35. The van der Waals surface area contributed by atoms with Crippen LogP contribution in [0, 0.1) is 13.8 Å². The summed E-state index contributed by atoms with van der Waals surface area (Å²) in [4.78, 5) is 28.8. The SMILES string of the molecule is COC(=O)c1c(C)[nH]c(-c2ccccc2)c1[C@@H]1C(=O)Nc2ccc(C)cc21. The summed E-state index contributed by atoms with van der Waals surface area (Å²) in [6.45, 7) is 3.81. The highest BCUT2D eigenvalue weighted by atomic mass is 16.5. The van der Waals surface area contributed by atoms with Crippen molar-refractivity contribution >= 4 is 17.6 Å². The van der Waals surface area contributed by atoms with Crippen LogP contribution in [-0.2, 0) is 9.53 Å². The first-order valence-corrected chi connectivity index (χ1v) is 8.79. The van der Waals surface area contributed by atoms with Gasteiger partial charge in [-0.05, 0) is 31.0 Å². The molecule has 2 N–H and O–H groups in total. The molecule has 1 amide bonds. The van der Waals surface area contributed by atoms with Crippen LogP contribution in [0.2, 0.25) is 0 Å². The Hall–Kier alpha value is -3.34. The van der Waals surface area contributed by atoms with Crippen LogP contribution in [0.1, 0.15) is 38.7 Å². The van der Waals surface area contributed by atoms with Gasteiger partial charge in [0.2, 0.25) is 5.91 Å². The Morgan fingerprint density at radius 2 is 1.81 bits per heavy atom. The maximum Gasteiger partial charge on any atom is 0.340 e. The summed E-state index contributed by atoms with van der Waals surface area (Å²) in [5.41, 5.74) is 6.17. The second kappa shape index (κ2) is 6.43. The van der Waals surface area contributed by atoms with Gasteiger partial charge in [0.05, 0.1) is 24.3 Å². The largest absolute Gasteiger partial charge is 0.465 e. The van der Waals surface area contributed by atoms with Crippen molar-refractivity contribution in [2.45, 2.75) is 19.8 Å². The van der Waals surface area contributed by atoms with Crippen molar-refractivity contribution in [2.24, 2.45) is 0 Å². The van der Waals surface area contributed by atoms with Gasteiger partial charge in [-0.15, -0.1) is 0 Å². The molecule has 5 nitrogen and oxygen atoms in total. The number of benzene rings is 2. The van der Waals surface area contributed by atoms with Gasteiger partial charge in [0.15, 0.2) is 0 Å². The lowest BCUT2D eigenvalue weighted by Gasteiger charge is -2.14. The number of anilines is 1. The maximum absolute atomic E-state index is 12.9. The van der Waals surface area contributed by atoms with Crippen LogP contribution >= 0.6 is 0 Å². The summed E-state index contributed by atoms with van der Waals surface area (Å²) in [5.74, 6) is -1.17. The number of aromatic nitrogens is 1. The minimum Gasteiger partial charge on any atom is -0.465 e. The molecule has 0 radical (unpaired) electrons. The van der Waals surface area contributed by atoms with E-state index in [2.05, 4.69) is 10.3 Å². The fraction of sp³-hybridized carbons (Fsp3) is 0.182. The monoisotopic (exact) mass is 360 g/mol. The molecule has 2 heterocycles. The van der Waals surface area contributed by atoms with E-state index in [9.17, 15) is 9.59 Å². The number of amides is 1. The summed E-state index contributed by atoms with van der Waals surface area (Å²) < 4.78 is 5.02. The third-order valence-electron chi connectivity index (χ3n) is 5.00. The topological polar surface area (TPSA) is 71.2 Å². The van der Waals surface area contributed by atoms with Crippen LogP contribution in [0.4, 0.5) is 5.69 Å². The first-order valence-electron chi connectivity index (χ1n) is 8.79. The fourth-order valence-electron chi connectivity index (χ4n) is 3.80. The molecule has 4 rings (SSSR count). The van der Waals surface area contributed by atoms with Gasteiger partial charge in [0.1, 0.15) is 0 Å². The number of hydrogen-bond donors (Lipinski definition) is 2. The van der Waals surface area contributed by atoms with Crippen molar-refractivity contribution in [3.8, 4) is 11.3 Å².